The van der Waals surface area contributed by atoms with Crippen molar-refractivity contribution in [1.29, 1.82) is 0 Å². The molecule has 1 aliphatic rings. The van der Waals surface area contributed by atoms with E-state index in [2.05, 4.69) is 21.2 Å². The van der Waals surface area contributed by atoms with E-state index in [0.29, 0.717) is 21.0 Å². The topological polar surface area (TPSA) is 102 Å². The van der Waals surface area contributed by atoms with Gasteiger partial charge in [0.2, 0.25) is 5.76 Å². The van der Waals surface area contributed by atoms with Crippen LogP contribution in [0.25, 0.3) is 11.0 Å². The van der Waals surface area contributed by atoms with Crippen molar-refractivity contribution < 1.29 is 14.1 Å². The number of rotatable bonds is 2. The van der Waals surface area contributed by atoms with Crippen LogP contribution in [0.1, 0.15) is 27.7 Å². The fraction of sp³-hybridized carbons (Fsp3) is 0.0588. The molecule has 0 fully saturated rings. The van der Waals surface area contributed by atoms with Crippen LogP contribution >= 0.6 is 15.9 Å². The van der Waals surface area contributed by atoms with Crippen molar-refractivity contribution in [2.75, 3.05) is 0 Å². The molecule has 0 aliphatic carbocycles. The molecule has 3 aromatic rings. The van der Waals surface area contributed by atoms with Crippen LogP contribution in [0, 0.1) is 10.1 Å². The van der Waals surface area contributed by atoms with E-state index in [1.54, 1.807) is 24.3 Å². The van der Waals surface area contributed by atoms with Gasteiger partial charge in [-0.1, -0.05) is 28.1 Å². The number of nitro groups is 1. The van der Waals surface area contributed by atoms with E-state index in [4.69, 9.17) is 4.42 Å². The second-order valence-corrected chi connectivity index (χ2v) is 6.49. The van der Waals surface area contributed by atoms with Gasteiger partial charge >= 0.3 is 0 Å². The molecule has 0 radical (unpaired) electrons. The van der Waals surface area contributed by atoms with Crippen molar-refractivity contribution in [1.82, 2.24) is 5.32 Å². The Morgan fingerprint density at radius 1 is 1.16 bits per heavy atom. The fourth-order valence-corrected chi connectivity index (χ4v) is 3.31. The number of nitro benzene ring substituents is 1. The highest BCUT2D eigenvalue weighted by Crippen LogP contribution is 2.32. The number of non-ortho nitro benzene ring substituents is 1. The van der Waals surface area contributed by atoms with Gasteiger partial charge in [0.05, 0.1) is 21.9 Å². The molecular formula is C17H9BrN2O5. The van der Waals surface area contributed by atoms with Gasteiger partial charge in [0.1, 0.15) is 5.58 Å². The summed E-state index contributed by atoms with van der Waals surface area (Å²) in [4.78, 5) is 35.6. The Balaban J connectivity index is 1.97. The molecule has 1 unspecified atom stereocenters. The summed E-state index contributed by atoms with van der Waals surface area (Å²) in [6.07, 6.45) is 0. The molecule has 2 heterocycles. The van der Waals surface area contributed by atoms with Crippen LogP contribution in [0.2, 0.25) is 0 Å². The highest BCUT2D eigenvalue weighted by Gasteiger charge is 2.36. The molecule has 1 N–H and O–H groups in total. The standard InChI is InChI=1S/C17H9BrN2O5/c18-9-4-5-12-11(7-9)15(21)13-14(19-17(22)16(13)25-12)8-2-1-3-10(6-8)20(23)24/h1-7,14H,(H,19,22). The highest BCUT2D eigenvalue weighted by atomic mass is 79.9. The second kappa shape index (κ2) is 5.52. The van der Waals surface area contributed by atoms with E-state index in [9.17, 15) is 19.7 Å². The number of carbonyl (C=O) groups is 1. The molecule has 2 aromatic carbocycles. The number of amides is 1. The Labute approximate surface area is 148 Å². The third-order valence-electron chi connectivity index (χ3n) is 4.07. The van der Waals surface area contributed by atoms with Gasteiger partial charge in [-0.25, -0.2) is 0 Å². The number of fused-ring (bicyclic) bond motifs is 2. The summed E-state index contributed by atoms with van der Waals surface area (Å²) in [5.41, 5.74) is 0.460. The van der Waals surface area contributed by atoms with Gasteiger partial charge in [-0.15, -0.1) is 0 Å². The lowest BCUT2D eigenvalue weighted by Gasteiger charge is -2.11. The van der Waals surface area contributed by atoms with Gasteiger partial charge in [0.25, 0.3) is 11.6 Å². The maximum atomic E-state index is 12.9. The molecular weight excluding hydrogens is 392 g/mol. The van der Waals surface area contributed by atoms with E-state index >= 15 is 0 Å². The molecule has 1 aromatic heterocycles. The second-order valence-electron chi connectivity index (χ2n) is 5.57. The summed E-state index contributed by atoms with van der Waals surface area (Å²) in [6, 6.07) is 9.97. The van der Waals surface area contributed by atoms with Gasteiger partial charge in [-0.2, -0.15) is 0 Å². The molecule has 1 amide bonds. The van der Waals surface area contributed by atoms with Crippen LogP contribution in [0.3, 0.4) is 0 Å². The van der Waals surface area contributed by atoms with Crippen LogP contribution in [0.4, 0.5) is 5.69 Å². The zero-order valence-corrected chi connectivity index (χ0v) is 14.1. The summed E-state index contributed by atoms with van der Waals surface area (Å²) in [6.45, 7) is 0. The fourth-order valence-electron chi connectivity index (χ4n) is 2.95. The lowest BCUT2D eigenvalue weighted by Crippen LogP contribution is -2.22. The minimum atomic E-state index is -0.790. The smallest absolute Gasteiger partial charge is 0.288 e. The van der Waals surface area contributed by atoms with Crippen molar-refractivity contribution >= 4 is 38.5 Å². The van der Waals surface area contributed by atoms with Gasteiger partial charge in [-0.05, 0) is 23.8 Å². The van der Waals surface area contributed by atoms with Crippen molar-refractivity contribution in [2.24, 2.45) is 0 Å². The molecule has 0 spiro atoms. The third kappa shape index (κ3) is 2.42. The molecule has 25 heavy (non-hydrogen) atoms. The Kier molecular flexibility index (Phi) is 3.43. The predicted octanol–water partition coefficient (Wildman–Crippen LogP) is 3.30. The van der Waals surface area contributed by atoms with Gasteiger partial charge < -0.3 is 9.73 Å². The molecule has 0 bridgehead atoms. The number of hydrogen-bond acceptors (Lipinski definition) is 5. The van der Waals surface area contributed by atoms with Crippen LogP contribution in [0.5, 0.6) is 0 Å². The van der Waals surface area contributed by atoms with Gasteiger partial charge in [0.15, 0.2) is 5.43 Å². The SMILES string of the molecule is O=C1NC(c2cccc([N+](=O)[O-])c2)c2c1oc1ccc(Br)cc1c2=O. The third-order valence-corrected chi connectivity index (χ3v) is 4.57. The number of benzene rings is 2. The number of hydrogen-bond donors (Lipinski definition) is 1. The minimum absolute atomic E-state index is 0.0590. The first-order valence-corrected chi connectivity index (χ1v) is 8.06. The molecule has 8 heteroatoms. The first kappa shape index (κ1) is 15.5. The van der Waals surface area contributed by atoms with Crippen LogP contribution < -0.4 is 10.7 Å². The highest BCUT2D eigenvalue weighted by molar-refractivity contribution is 9.10. The lowest BCUT2D eigenvalue weighted by molar-refractivity contribution is -0.384. The van der Waals surface area contributed by atoms with Crippen molar-refractivity contribution in [3.05, 3.63) is 84.2 Å². The normalized spacial score (nSPS) is 15.9. The summed E-state index contributed by atoms with van der Waals surface area (Å²) >= 11 is 3.31. The van der Waals surface area contributed by atoms with E-state index in [1.165, 1.54) is 18.2 Å². The van der Waals surface area contributed by atoms with Crippen LogP contribution in [-0.2, 0) is 0 Å². The summed E-state index contributed by atoms with van der Waals surface area (Å²) < 4.78 is 6.32. The average molecular weight is 401 g/mol. The van der Waals surface area contributed by atoms with E-state index in [1.807, 2.05) is 0 Å². The molecule has 1 atom stereocenters. The minimum Gasteiger partial charge on any atom is -0.450 e. The number of nitrogens with zero attached hydrogens (tertiary/aromatic N) is 1. The Morgan fingerprint density at radius 3 is 2.72 bits per heavy atom. The maximum absolute atomic E-state index is 12.9. The van der Waals surface area contributed by atoms with E-state index in [0.717, 1.165) is 0 Å². The first-order valence-electron chi connectivity index (χ1n) is 7.27. The molecule has 0 saturated heterocycles. The van der Waals surface area contributed by atoms with Crippen molar-refractivity contribution in [3.63, 3.8) is 0 Å². The molecule has 1 aliphatic heterocycles. The molecule has 124 valence electrons. The van der Waals surface area contributed by atoms with Crippen LogP contribution in [0.15, 0.2) is 56.1 Å². The Bertz CT molecular complexity index is 1120. The maximum Gasteiger partial charge on any atom is 0.288 e. The van der Waals surface area contributed by atoms with Gasteiger partial charge in [-0.3, -0.25) is 19.7 Å². The average Bonchev–Trinajstić information content (AvgIpc) is 2.93. The zero-order chi connectivity index (χ0) is 17.7. The summed E-state index contributed by atoms with van der Waals surface area (Å²) in [7, 11) is 0. The van der Waals surface area contributed by atoms with Crippen molar-refractivity contribution in [2.45, 2.75) is 6.04 Å². The molecule has 7 nitrogen and oxygen atoms in total. The first-order chi connectivity index (χ1) is 12.0. The zero-order valence-electron chi connectivity index (χ0n) is 12.5. The quantitative estimate of drug-likeness (QED) is 0.525. The largest absolute Gasteiger partial charge is 0.450 e. The summed E-state index contributed by atoms with van der Waals surface area (Å²) in [5.74, 6) is -0.579. The van der Waals surface area contributed by atoms with E-state index < -0.39 is 16.9 Å². The monoisotopic (exact) mass is 400 g/mol. The molecule has 4 rings (SSSR count). The molecule has 0 saturated carbocycles. The predicted molar refractivity (Wildman–Crippen MR) is 92.6 cm³/mol. The van der Waals surface area contributed by atoms with Gasteiger partial charge in [0, 0.05) is 16.6 Å². The van der Waals surface area contributed by atoms with E-state index in [-0.39, 0.29) is 22.4 Å². The number of halogens is 1. The summed E-state index contributed by atoms with van der Waals surface area (Å²) in [5, 5.41) is 14.0. The van der Waals surface area contributed by atoms with Crippen LogP contribution in [-0.4, -0.2) is 10.8 Å². The Hall–Kier alpha value is -3.00. The number of nitrogens with one attached hydrogen (secondary N) is 1. The Morgan fingerprint density at radius 2 is 1.96 bits per heavy atom. The van der Waals surface area contributed by atoms with Crippen molar-refractivity contribution in [3.8, 4) is 0 Å². The lowest BCUT2D eigenvalue weighted by atomic mass is 9.99. The number of carbonyl (C=O) groups excluding carboxylic acids is 1.